The summed E-state index contributed by atoms with van der Waals surface area (Å²) in [5.74, 6) is 0.192. The van der Waals surface area contributed by atoms with Crippen LogP contribution in [0.4, 0.5) is 19.0 Å². The third-order valence-corrected chi connectivity index (χ3v) is 5.66. The molecule has 1 aliphatic heterocycles. The topological polar surface area (TPSA) is 54.3 Å². The number of carbonyl (C=O) groups excluding carboxylic acids is 1. The molecule has 0 atom stereocenters. The van der Waals surface area contributed by atoms with E-state index in [9.17, 15) is 18.0 Å². The Labute approximate surface area is 188 Å². The molecule has 6 nitrogen and oxygen atoms in total. The van der Waals surface area contributed by atoms with Gasteiger partial charge in [0.1, 0.15) is 5.82 Å². The monoisotopic (exact) mass is 463 g/mol. The maximum atomic E-state index is 12.9. The van der Waals surface area contributed by atoms with Crippen molar-refractivity contribution < 1.29 is 18.0 Å². The zero-order valence-electron chi connectivity index (χ0n) is 17.5. The number of benzene rings is 1. The minimum atomic E-state index is -4.50. The average molecular weight is 464 g/mol. The molecule has 1 aliphatic rings. The summed E-state index contributed by atoms with van der Waals surface area (Å²) in [6, 6.07) is 10.1. The number of piperazine rings is 1. The van der Waals surface area contributed by atoms with E-state index < -0.39 is 11.7 Å². The van der Waals surface area contributed by atoms with Crippen LogP contribution in [0.5, 0.6) is 0 Å². The van der Waals surface area contributed by atoms with Gasteiger partial charge >= 0.3 is 6.18 Å². The SMILES string of the molecule is Cc1cc(C)n(-c2ccc(C(=O)N3CCN(c4ncc(C(F)(F)F)cc4Cl)CC3)cc2)n1. The second-order valence-corrected chi connectivity index (χ2v) is 8.10. The Morgan fingerprint density at radius 3 is 2.22 bits per heavy atom. The fourth-order valence-corrected chi connectivity index (χ4v) is 4.04. The highest BCUT2D eigenvalue weighted by atomic mass is 35.5. The molecule has 0 N–H and O–H groups in total. The lowest BCUT2D eigenvalue weighted by molar-refractivity contribution is -0.137. The first-order valence-electron chi connectivity index (χ1n) is 10.0. The number of hydrogen-bond donors (Lipinski definition) is 0. The van der Waals surface area contributed by atoms with E-state index in [1.807, 2.05) is 36.7 Å². The molecule has 4 rings (SSSR count). The van der Waals surface area contributed by atoms with E-state index >= 15 is 0 Å². The number of hydrogen-bond acceptors (Lipinski definition) is 4. The van der Waals surface area contributed by atoms with Gasteiger partial charge in [0.15, 0.2) is 0 Å². The van der Waals surface area contributed by atoms with Crippen LogP contribution < -0.4 is 4.90 Å². The number of halogens is 4. The molecule has 1 amide bonds. The lowest BCUT2D eigenvalue weighted by atomic mass is 10.1. The normalized spacial score (nSPS) is 14.7. The van der Waals surface area contributed by atoms with Gasteiger partial charge in [0.05, 0.1) is 22.0 Å². The third kappa shape index (κ3) is 4.43. The van der Waals surface area contributed by atoms with Gasteiger partial charge in [0.2, 0.25) is 0 Å². The average Bonchev–Trinajstić information content (AvgIpc) is 3.10. The maximum Gasteiger partial charge on any atom is 0.417 e. The van der Waals surface area contributed by atoms with Crippen molar-refractivity contribution in [2.45, 2.75) is 20.0 Å². The van der Waals surface area contributed by atoms with Crippen LogP contribution in [0.1, 0.15) is 27.3 Å². The van der Waals surface area contributed by atoms with Crippen molar-refractivity contribution in [3.05, 3.63) is 70.1 Å². The highest BCUT2D eigenvalue weighted by Gasteiger charge is 2.32. The lowest BCUT2D eigenvalue weighted by Crippen LogP contribution is -2.49. The number of alkyl halides is 3. The molecule has 32 heavy (non-hydrogen) atoms. The Hall–Kier alpha value is -3.07. The molecule has 1 fully saturated rings. The molecule has 1 aromatic carbocycles. The number of anilines is 1. The van der Waals surface area contributed by atoms with Gasteiger partial charge < -0.3 is 9.80 Å². The molecule has 2 aromatic heterocycles. The van der Waals surface area contributed by atoms with Crippen LogP contribution in [0.2, 0.25) is 5.02 Å². The van der Waals surface area contributed by atoms with E-state index in [4.69, 9.17) is 11.6 Å². The Bertz CT molecular complexity index is 1140. The maximum absolute atomic E-state index is 12.9. The lowest BCUT2D eigenvalue weighted by Gasteiger charge is -2.35. The summed E-state index contributed by atoms with van der Waals surface area (Å²) in [6.07, 6.45) is -3.71. The molecular formula is C22H21ClF3N5O. The zero-order chi connectivity index (χ0) is 23.0. The largest absolute Gasteiger partial charge is 0.417 e. The summed E-state index contributed by atoms with van der Waals surface area (Å²) in [5.41, 5.74) is 2.48. The highest BCUT2D eigenvalue weighted by molar-refractivity contribution is 6.33. The number of aryl methyl sites for hydroxylation is 2. The third-order valence-electron chi connectivity index (χ3n) is 5.38. The molecule has 168 valence electrons. The summed E-state index contributed by atoms with van der Waals surface area (Å²) in [4.78, 5) is 20.3. The Morgan fingerprint density at radius 2 is 1.69 bits per heavy atom. The van der Waals surface area contributed by atoms with E-state index in [2.05, 4.69) is 10.1 Å². The van der Waals surface area contributed by atoms with Crippen molar-refractivity contribution in [3.63, 3.8) is 0 Å². The van der Waals surface area contributed by atoms with Gasteiger partial charge in [-0.2, -0.15) is 18.3 Å². The van der Waals surface area contributed by atoms with Gasteiger partial charge in [-0.25, -0.2) is 9.67 Å². The quantitative estimate of drug-likeness (QED) is 0.573. The van der Waals surface area contributed by atoms with E-state index in [0.29, 0.717) is 37.6 Å². The van der Waals surface area contributed by atoms with Crippen LogP contribution in [0.25, 0.3) is 5.69 Å². The second-order valence-electron chi connectivity index (χ2n) is 7.69. The van der Waals surface area contributed by atoms with Gasteiger partial charge in [-0.3, -0.25) is 4.79 Å². The van der Waals surface area contributed by atoms with Crippen molar-refractivity contribution in [2.75, 3.05) is 31.1 Å². The Balaban J connectivity index is 1.41. The molecule has 0 spiro atoms. The summed E-state index contributed by atoms with van der Waals surface area (Å²) in [6.45, 7) is 5.57. The standard InChI is InChI=1S/C22H21ClF3N5O/c1-14-11-15(2)31(28-14)18-5-3-16(4-6-18)21(32)30-9-7-29(8-10-30)20-19(23)12-17(13-27-20)22(24,25)26/h3-6,11-13H,7-10H2,1-2H3. The predicted molar refractivity (Wildman–Crippen MR) is 115 cm³/mol. The van der Waals surface area contributed by atoms with E-state index in [0.717, 1.165) is 29.3 Å². The molecule has 0 aliphatic carbocycles. The van der Waals surface area contributed by atoms with E-state index in [1.54, 1.807) is 21.9 Å². The molecule has 3 heterocycles. The molecule has 10 heteroatoms. The van der Waals surface area contributed by atoms with Crippen molar-refractivity contribution in [1.82, 2.24) is 19.7 Å². The van der Waals surface area contributed by atoms with Crippen LogP contribution in [-0.4, -0.2) is 51.8 Å². The number of nitrogens with zero attached hydrogens (tertiary/aromatic N) is 5. The van der Waals surface area contributed by atoms with Crippen LogP contribution >= 0.6 is 11.6 Å². The van der Waals surface area contributed by atoms with E-state index in [-0.39, 0.29) is 10.9 Å². The fraction of sp³-hybridized carbons (Fsp3) is 0.318. The van der Waals surface area contributed by atoms with Crippen molar-refractivity contribution >= 4 is 23.3 Å². The van der Waals surface area contributed by atoms with Gasteiger partial charge in [0, 0.05) is 43.6 Å². The minimum Gasteiger partial charge on any atom is -0.352 e. The number of amides is 1. The first-order valence-corrected chi connectivity index (χ1v) is 10.4. The summed E-state index contributed by atoms with van der Waals surface area (Å²) in [7, 11) is 0. The smallest absolute Gasteiger partial charge is 0.352 e. The second kappa shape index (κ2) is 8.46. The van der Waals surface area contributed by atoms with Gasteiger partial charge in [0.25, 0.3) is 5.91 Å². The molecule has 0 unspecified atom stereocenters. The summed E-state index contributed by atoms with van der Waals surface area (Å²) >= 11 is 6.05. The van der Waals surface area contributed by atoms with Crippen LogP contribution in [0.3, 0.4) is 0 Å². The molecular weight excluding hydrogens is 443 g/mol. The van der Waals surface area contributed by atoms with Crippen LogP contribution in [0, 0.1) is 13.8 Å². The first-order chi connectivity index (χ1) is 15.1. The minimum absolute atomic E-state index is 0.0562. The number of pyridine rings is 1. The fourth-order valence-electron chi connectivity index (χ4n) is 3.76. The molecule has 1 saturated heterocycles. The van der Waals surface area contributed by atoms with Gasteiger partial charge in [-0.1, -0.05) is 11.6 Å². The van der Waals surface area contributed by atoms with Gasteiger partial charge in [-0.15, -0.1) is 0 Å². The zero-order valence-corrected chi connectivity index (χ0v) is 18.3. The number of carbonyl (C=O) groups is 1. The van der Waals surface area contributed by atoms with Crippen molar-refractivity contribution in [1.29, 1.82) is 0 Å². The van der Waals surface area contributed by atoms with Crippen molar-refractivity contribution in [2.24, 2.45) is 0 Å². The Kier molecular flexibility index (Phi) is 5.85. The predicted octanol–water partition coefficient (Wildman–Crippen LogP) is 4.52. The molecule has 3 aromatic rings. The first kappa shape index (κ1) is 22.1. The molecule has 0 bridgehead atoms. The number of aromatic nitrogens is 3. The van der Waals surface area contributed by atoms with Crippen LogP contribution in [0.15, 0.2) is 42.6 Å². The molecule has 0 radical (unpaired) electrons. The highest BCUT2D eigenvalue weighted by Crippen LogP contribution is 2.33. The van der Waals surface area contributed by atoms with Gasteiger partial charge in [-0.05, 0) is 50.2 Å². The summed E-state index contributed by atoms with van der Waals surface area (Å²) < 4.78 is 40.3. The number of rotatable bonds is 3. The van der Waals surface area contributed by atoms with E-state index in [1.165, 1.54) is 0 Å². The van der Waals surface area contributed by atoms with Crippen LogP contribution in [-0.2, 0) is 6.18 Å². The molecule has 0 saturated carbocycles. The van der Waals surface area contributed by atoms with Crippen molar-refractivity contribution in [3.8, 4) is 5.69 Å². The summed E-state index contributed by atoms with van der Waals surface area (Å²) in [5, 5.41) is 4.39. The Morgan fingerprint density at radius 1 is 1.03 bits per heavy atom.